The number of benzene rings is 2. The van der Waals surface area contributed by atoms with Crippen LogP contribution in [0.25, 0.3) is 0 Å². The molecule has 0 spiro atoms. The van der Waals surface area contributed by atoms with Crippen LogP contribution < -0.4 is 0 Å². The van der Waals surface area contributed by atoms with Gasteiger partial charge in [-0.25, -0.2) is 4.39 Å². The van der Waals surface area contributed by atoms with Crippen LogP contribution in [0.2, 0.25) is 5.02 Å². The molecule has 0 fully saturated rings. The summed E-state index contributed by atoms with van der Waals surface area (Å²) in [6, 6.07) is 12.5. The molecule has 1 unspecified atom stereocenters. The quantitative estimate of drug-likeness (QED) is 0.603. The number of hydrogen-bond donors (Lipinski definition) is 0. The first-order valence-corrected chi connectivity index (χ1v) is 7.55. The molecule has 0 amide bonds. The summed E-state index contributed by atoms with van der Waals surface area (Å²) in [5.41, 5.74) is 1.99. The van der Waals surface area contributed by atoms with Crippen LogP contribution in [-0.4, -0.2) is 5.88 Å². The van der Waals surface area contributed by atoms with Gasteiger partial charge in [-0.2, -0.15) is 0 Å². The Bertz CT molecular complexity index is 552. The Kier molecular flexibility index (Phi) is 5.26. The maximum atomic E-state index is 13.4. The SMILES string of the molecule is Fc1cc(Br)cc(CC(CCl)c2cccc(Cl)c2)c1. The third kappa shape index (κ3) is 4.20. The van der Waals surface area contributed by atoms with Gasteiger partial charge < -0.3 is 0 Å². The molecule has 0 nitrogen and oxygen atoms in total. The molecule has 100 valence electrons. The predicted molar refractivity (Wildman–Crippen MR) is 82.7 cm³/mol. The minimum atomic E-state index is -0.246. The average molecular weight is 362 g/mol. The van der Waals surface area contributed by atoms with Gasteiger partial charge in [-0.1, -0.05) is 39.7 Å². The van der Waals surface area contributed by atoms with Crippen molar-refractivity contribution in [3.63, 3.8) is 0 Å². The van der Waals surface area contributed by atoms with E-state index < -0.39 is 0 Å². The number of hydrogen-bond acceptors (Lipinski definition) is 0. The molecule has 0 aliphatic rings. The van der Waals surface area contributed by atoms with Crippen molar-refractivity contribution in [3.8, 4) is 0 Å². The summed E-state index contributed by atoms with van der Waals surface area (Å²) >= 11 is 15.3. The van der Waals surface area contributed by atoms with E-state index in [1.165, 1.54) is 12.1 Å². The Morgan fingerprint density at radius 2 is 1.95 bits per heavy atom. The third-order valence-corrected chi connectivity index (χ3v) is 3.98. The minimum Gasteiger partial charge on any atom is -0.207 e. The lowest BCUT2D eigenvalue weighted by Gasteiger charge is -2.15. The van der Waals surface area contributed by atoms with Crippen LogP contribution >= 0.6 is 39.1 Å². The normalized spacial score (nSPS) is 12.4. The van der Waals surface area contributed by atoms with Crippen molar-refractivity contribution in [1.82, 2.24) is 0 Å². The lowest BCUT2D eigenvalue weighted by atomic mass is 9.93. The Hall–Kier alpha value is -0.570. The van der Waals surface area contributed by atoms with E-state index >= 15 is 0 Å². The van der Waals surface area contributed by atoms with E-state index in [0.29, 0.717) is 17.3 Å². The maximum Gasteiger partial charge on any atom is 0.124 e. The highest BCUT2D eigenvalue weighted by molar-refractivity contribution is 9.10. The summed E-state index contributed by atoms with van der Waals surface area (Å²) < 4.78 is 14.1. The maximum absolute atomic E-state index is 13.4. The van der Waals surface area contributed by atoms with Crippen molar-refractivity contribution < 1.29 is 4.39 Å². The summed E-state index contributed by atoms with van der Waals surface area (Å²) in [5, 5.41) is 0.688. The summed E-state index contributed by atoms with van der Waals surface area (Å²) in [6.07, 6.45) is 0.681. The van der Waals surface area contributed by atoms with Gasteiger partial charge in [0.05, 0.1) is 0 Å². The van der Waals surface area contributed by atoms with Gasteiger partial charge in [0.1, 0.15) is 5.82 Å². The van der Waals surface area contributed by atoms with Crippen molar-refractivity contribution in [2.45, 2.75) is 12.3 Å². The largest absolute Gasteiger partial charge is 0.207 e. The third-order valence-electron chi connectivity index (χ3n) is 2.91. The number of halogens is 4. The predicted octanol–water partition coefficient (Wildman–Crippen LogP) is 5.81. The zero-order valence-corrected chi connectivity index (χ0v) is 13.1. The molecule has 0 bridgehead atoms. The fourth-order valence-corrected chi connectivity index (χ4v) is 3.03. The second-order valence-electron chi connectivity index (χ2n) is 4.39. The molecule has 2 aromatic rings. The first-order valence-electron chi connectivity index (χ1n) is 5.85. The Morgan fingerprint density at radius 1 is 1.16 bits per heavy atom. The van der Waals surface area contributed by atoms with E-state index in [1.54, 1.807) is 0 Å². The molecule has 2 rings (SSSR count). The van der Waals surface area contributed by atoms with E-state index in [2.05, 4.69) is 15.9 Å². The zero-order valence-electron chi connectivity index (χ0n) is 10.0. The Balaban J connectivity index is 2.23. The first kappa shape index (κ1) is 14.8. The standard InChI is InChI=1S/C15H12BrCl2F/c16-13-5-10(6-15(19)8-13)4-12(9-17)11-2-1-3-14(18)7-11/h1-3,5-8,12H,4,9H2. The Morgan fingerprint density at radius 3 is 2.58 bits per heavy atom. The van der Waals surface area contributed by atoms with Crippen molar-refractivity contribution in [3.05, 3.63) is 68.9 Å². The highest BCUT2D eigenvalue weighted by atomic mass is 79.9. The average Bonchev–Trinajstić information content (AvgIpc) is 2.34. The van der Waals surface area contributed by atoms with E-state index in [9.17, 15) is 4.39 Å². The summed E-state index contributed by atoms with van der Waals surface area (Å²) in [7, 11) is 0. The lowest BCUT2D eigenvalue weighted by Crippen LogP contribution is -2.05. The van der Waals surface area contributed by atoms with Gasteiger partial charge in [0.2, 0.25) is 0 Å². The van der Waals surface area contributed by atoms with Crippen LogP contribution in [0, 0.1) is 5.82 Å². The highest BCUT2D eigenvalue weighted by Crippen LogP contribution is 2.26. The van der Waals surface area contributed by atoms with Gasteiger partial charge >= 0.3 is 0 Å². The number of alkyl halides is 1. The molecule has 0 radical (unpaired) electrons. The fourth-order valence-electron chi connectivity index (χ4n) is 2.04. The van der Waals surface area contributed by atoms with E-state index in [0.717, 1.165) is 15.6 Å². The molecule has 0 aromatic heterocycles. The molecular weight excluding hydrogens is 350 g/mol. The zero-order chi connectivity index (χ0) is 13.8. The van der Waals surface area contributed by atoms with Crippen LogP contribution in [0.5, 0.6) is 0 Å². The molecule has 0 saturated carbocycles. The molecule has 1 atom stereocenters. The molecule has 2 aromatic carbocycles. The highest BCUT2D eigenvalue weighted by Gasteiger charge is 2.12. The van der Waals surface area contributed by atoms with Gasteiger partial charge in [-0.15, -0.1) is 11.6 Å². The second-order valence-corrected chi connectivity index (χ2v) is 6.05. The fraction of sp³-hybridized carbons (Fsp3) is 0.200. The van der Waals surface area contributed by atoms with E-state index in [-0.39, 0.29) is 11.7 Å². The molecule has 19 heavy (non-hydrogen) atoms. The van der Waals surface area contributed by atoms with Crippen molar-refractivity contribution >= 4 is 39.1 Å². The van der Waals surface area contributed by atoms with Crippen LogP contribution in [0.4, 0.5) is 4.39 Å². The van der Waals surface area contributed by atoms with Gasteiger partial charge in [0.25, 0.3) is 0 Å². The van der Waals surface area contributed by atoms with Crippen LogP contribution in [0.3, 0.4) is 0 Å². The topological polar surface area (TPSA) is 0 Å². The minimum absolute atomic E-state index is 0.120. The summed E-state index contributed by atoms with van der Waals surface area (Å²) in [6.45, 7) is 0. The van der Waals surface area contributed by atoms with Gasteiger partial charge in [0.15, 0.2) is 0 Å². The monoisotopic (exact) mass is 360 g/mol. The first-order chi connectivity index (χ1) is 9.08. The van der Waals surface area contributed by atoms with Crippen LogP contribution in [-0.2, 0) is 6.42 Å². The van der Waals surface area contributed by atoms with Crippen molar-refractivity contribution in [2.75, 3.05) is 5.88 Å². The van der Waals surface area contributed by atoms with Gasteiger partial charge in [-0.05, 0) is 47.9 Å². The van der Waals surface area contributed by atoms with Gasteiger partial charge in [0, 0.05) is 21.3 Å². The van der Waals surface area contributed by atoms with Gasteiger partial charge in [-0.3, -0.25) is 0 Å². The van der Waals surface area contributed by atoms with Crippen molar-refractivity contribution in [2.24, 2.45) is 0 Å². The molecule has 0 N–H and O–H groups in total. The molecule has 0 saturated heterocycles. The molecule has 0 aliphatic carbocycles. The van der Waals surface area contributed by atoms with Crippen molar-refractivity contribution in [1.29, 1.82) is 0 Å². The lowest BCUT2D eigenvalue weighted by molar-refractivity contribution is 0.622. The Labute approximate surface area is 130 Å². The van der Waals surface area contributed by atoms with Crippen LogP contribution in [0.15, 0.2) is 46.9 Å². The molecular formula is C15H12BrCl2F. The second kappa shape index (κ2) is 6.74. The number of rotatable bonds is 4. The summed E-state index contributed by atoms with van der Waals surface area (Å²) in [4.78, 5) is 0. The van der Waals surface area contributed by atoms with E-state index in [1.807, 2.05) is 30.3 Å². The van der Waals surface area contributed by atoms with E-state index in [4.69, 9.17) is 23.2 Å². The van der Waals surface area contributed by atoms with Crippen LogP contribution in [0.1, 0.15) is 17.0 Å². The molecule has 0 aliphatic heterocycles. The molecule has 0 heterocycles. The summed E-state index contributed by atoms with van der Waals surface area (Å²) in [5.74, 6) is 0.340. The smallest absolute Gasteiger partial charge is 0.124 e. The molecule has 4 heteroatoms.